The maximum Gasteiger partial charge on any atom is 0.187 e. The first kappa shape index (κ1) is 14.0. The Balaban J connectivity index is 0. The highest BCUT2D eigenvalue weighted by Crippen LogP contribution is 2.23. The van der Waals surface area contributed by atoms with E-state index in [1.54, 1.807) is 0 Å². The van der Waals surface area contributed by atoms with Crippen molar-refractivity contribution >= 4 is 58.0 Å². The molecule has 5 heteroatoms. The van der Waals surface area contributed by atoms with Gasteiger partial charge in [0.1, 0.15) is 4.84 Å². The van der Waals surface area contributed by atoms with E-state index >= 15 is 0 Å². The summed E-state index contributed by atoms with van der Waals surface area (Å²) in [7, 11) is 0. The zero-order valence-electron chi connectivity index (χ0n) is 5.67. The quantitative estimate of drug-likeness (QED) is 0.594. The third-order valence-electron chi connectivity index (χ3n) is 0.309. The Morgan fingerprint density at radius 2 is 1.30 bits per heavy atom. The van der Waals surface area contributed by atoms with Gasteiger partial charge in [0.05, 0.1) is 0 Å². The van der Waals surface area contributed by atoms with Crippen molar-refractivity contribution in [2.75, 3.05) is 0 Å². The van der Waals surface area contributed by atoms with Crippen molar-refractivity contribution in [1.29, 1.82) is 0 Å². The van der Waals surface area contributed by atoms with Gasteiger partial charge in [0, 0.05) is 0 Å². The highest BCUT2D eigenvalue weighted by atomic mass is 35.6. The summed E-state index contributed by atoms with van der Waals surface area (Å²) >= 11 is 25.6. The summed E-state index contributed by atoms with van der Waals surface area (Å²) in [5, 5.41) is 0. The molecule has 10 heavy (non-hydrogen) atoms. The molecule has 0 aliphatic heterocycles. The number of halogens is 5. The molecule has 0 spiro atoms. The maximum atomic E-state index is 5.23. The van der Waals surface area contributed by atoms with Gasteiger partial charge in [-0.3, -0.25) is 0 Å². The summed E-state index contributed by atoms with van der Waals surface area (Å²) < 4.78 is -1.08. The van der Waals surface area contributed by atoms with E-state index in [0.29, 0.717) is 0 Å². The SMILES string of the molecule is CC(Cl)(Cl)Cl.CCC(Cl)Cl. The van der Waals surface area contributed by atoms with Crippen LogP contribution >= 0.6 is 58.0 Å². The van der Waals surface area contributed by atoms with Crippen molar-refractivity contribution in [1.82, 2.24) is 0 Å². The van der Waals surface area contributed by atoms with Crippen LogP contribution in [0.5, 0.6) is 0 Å². The van der Waals surface area contributed by atoms with Crippen LogP contribution in [0, 0.1) is 0 Å². The van der Waals surface area contributed by atoms with Crippen LogP contribution in [-0.4, -0.2) is 8.63 Å². The number of hydrogen-bond donors (Lipinski definition) is 0. The summed E-state index contributed by atoms with van der Waals surface area (Å²) in [5.74, 6) is 0. The van der Waals surface area contributed by atoms with Crippen molar-refractivity contribution in [2.45, 2.75) is 28.9 Å². The number of rotatable bonds is 1. The zero-order chi connectivity index (χ0) is 8.78. The molecule has 0 rings (SSSR count). The van der Waals surface area contributed by atoms with Gasteiger partial charge < -0.3 is 0 Å². The molecule has 0 aromatic rings. The summed E-state index contributed by atoms with van der Waals surface area (Å²) in [4.78, 5) is -0.171. The molecule has 0 heterocycles. The summed E-state index contributed by atoms with van der Waals surface area (Å²) in [6.45, 7) is 3.42. The molecule has 0 bridgehead atoms. The van der Waals surface area contributed by atoms with Crippen LogP contribution in [0.3, 0.4) is 0 Å². The van der Waals surface area contributed by atoms with E-state index in [9.17, 15) is 0 Å². The predicted molar refractivity (Wildman–Crippen MR) is 51.7 cm³/mol. The predicted octanol–water partition coefficient (Wildman–Crippen LogP) is 4.58. The van der Waals surface area contributed by atoms with Crippen LogP contribution in [0.4, 0.5) is 0 Å². The van der Waals surface area contributed by atoms with Crippen LogP contribution < -0.4 is 0 Å². The normalized spacial score (nSPS) is 10.8. The monoisotopic (exact) mass is 244 g/mol. The van der Waals surface area contributed by atoms with Crippen LogP contribution in [0.15, 0.2) is 0 Å². The highest BCUT2D eigenvalue weighted by molar-refractivity contribution is 6.67. The zero-order valence-corrected chi connectivity index (χ0v) is 9.45. The van der Waals surface area contributed by atoms with Gasteiger partial charge in [-0.15, -0.1) is 23.2 Å². The number of alkyl halides is 5. The molecular weight excluding hydrogens is 237 g/mol. The van der Waals surface area contributed by atoms with E-state index < -0.39 is 3.79 Å². The van der Waals surface area contributed by atoms with Crippen molar-refractivity contribution in [2.24, 2.45) is 0 Å². The molecule has 64 valence electrons. The lowest BCUT2D eigenvalue weighted by Gasteiger charge is -1.94. The lowest BCUT2D eigenvalue weighted by Crippen LogP contribution is -1.87. The van der Waals surface area contributed by atoms with Crippen LogP contribution in [-0.2, 0) is 0 Å². The Hall–Kier alpha value is 1.45. The van der Waals surface area contributed by atoms with E-state index in [1.165, 1.54) is 6.92 Å². The third kappa shape index (κ3) is 56.7. The molecule has 0 atom stereocenters. The van der Waals surface area contributed by atoms with Gasteiger partial charge in [-0.25, -0.2) is 0 Å². The second kappa shape index (κ2) is 7.12. The van der Waals surface area contributed by atoms with Crippen molar-refractivity contribution in [3.63, 3.8) is 0 Å². The average Bonchev–Trinajstić information content (AvgIpc) is 1.61. The van der Waals surface area contributed by atoms with Crippen molar-refractivity contribution < 1.29 is 0 Å². The second-order valence-corrected chi connectivity index (χ2v) is 5.71. The molecule has 0 nitrogen and oxygen atoms in total. The van der Waals surface area contributed by atoms with E-state index in [4.69, 9.17) is 58.0 Å². The minimum atomic E-state index is -1.08. The molecule has 0 saturated carbocycles. The molecule has 0 radical (unpaired) electrons. The van der Waals surface area contributed by atoms with Crippen LogP contribution in [0.1, 0.15) is 20.3 Å². The fourth-order valence-electron chi connectivity index (χ4n) is 0. The Bertz CT molecular complexity index is 58.9. The lowest BCUT2D eigenvalue weighted by atomic mass is 10.6. The molecule has 0 aliphatic carbocycles. The topological polar surface area (TPSA) is 0 Å². The minimum Gasteiger partial charge on any atom is -0.105 e. The van der Waals surface area contributed by atoms with Crippen LogP contribution in [0.25, 0.3) is 0 Å². The number of hydrogen-bond acceptors (Lipinski definition) is 0. The van der Waals surface area contributed by atoms with Gasteiger partial charge in [-0.05, 0) is 13.3 Å². The third-order valence-corrected chi connectivity index (χ3v) is 0.926. The smallest absolute Gasteiger partial charge is 0.105 e. The Labute approximate surface area is 86.7 Å². The first-order chi connectivity index (χ1) is 4.27. The Kier molecular flexibility index (Phi) is 9.97. The van der Waals surface area contributed by atoms with E-state index in [0.717, 1.165) is 6.42 Å². The van der Waals surface area contributed by atoms with E-state index in [1.807, 2.05) is 6.92 Å². The van der Waals surface area contributed by atoms with Crippen LogP contribution in [0.2, 0.25) is 0 Å². The van der Waals surface area contributed by atoms with E-state index in [2.05, 4.69) is 0 Å². The summed E-state index contributed by atoms with van der Waals surface area (Å²) in [5.41, 5.74) is 0. The molecule has 0 amide bonds. The molecular formula is C5H9Cl5. The molecule has 0 aromatic heterocycles. The lowest BCUT2D eigenvalue weighted by molar-refractivity contribution is 1.04. The van der Waals surface area contributed by atoms with Crippen molar-refractivity contribution in [3.8, 4) is 0 Å². The molecule has 0 aromatic carbocycles. The summed E-state index contributed by atoms with van der Waals surface area (Å²) in [6, 6.07) is 0. The maximum absolute atomic E-state index is 5.23. The molecule has 0 N–H and O–H groups in total. The molecule has 0 fully saturated rings. The Morgan fingerprint density at radius 3 is 1.30 bits per heavy atom. The van der Waals surface area contributed by atoms with Gasteiger partial charge in [-0.1, -0.05) is 41.7 Å². The highest BCUT2D eigenvalue weighted by Gasteiger charge is 2.07. The van der Waals surface area contributed by atoms with Gasteiger partial charge in [0.25, 0.3) is 0 Å². The van der Waals surface area contributed by atoms with E-state index in [-0.39, 0.29) is 4.84 Å². The summed E-state index contributed by atoms with van der Waals surface area (Å²) in [6.07, 6.45) is 0.836. The first-order valence-corrected chi connectivity index (χ1v) is 4.63. The average molecular weight is 246 g/mol. The largest absolute Gasteiger partial charge is 0.187 e. The Morgan fingerprint density at radius 1 is 1.20 bits per heavy atom. The molecule has 0 aliphatic rings. The standard InChI is InChI=1S/C3H6Cl2.C2H3Cl3/c1-2-3(4)5;1-2(3,4)5/h3H,2H2,1H3;1H3. The second-order valence-electron chi connectivity index (χ2n) is 1.58. The van der Waals surface area contributed by atoms with Gasteiger partial charge in [0.15, 0.2) is 3.79 Å². The van der Waals surface area contributed by atoms with Gasteiger partial charge >= 0.3 is 0 Å². The van der Waals surface area contributed by atoms with Gasteiger partial charge in [0.2, 0.25) is 0 Å². The fourth-order valence-corrected chi connectivity index (χ4v) is 0. The van der Waals surface area contributed by atoms with Crippen molar-refractivity contribution in [3.05, 3.63) is 0 Å². The minimum absolute atomic E-state index is 0.171. The first-order valence-electron chi connectivity index (χ1n) is 2.62. The molecule has 0 unspecified atom stereocenters. The fraction of sp³-hybridized carbons (Fsp3) is 1.00. The molecule has 0 saturated heterocycles. The van der Waals surface area contributed by atoms with Gasteiger partial charge in [-0.2, -0.15) is 0 Å².